The van der Waals surface area contributed by atoms with E-state index in [0.717, 1.165) is 22.4 Å². The molecule has 180 valence electrons. The summed E-state index contributed by atoms with van der Waals surface area (Å²) >= 11 is 0. The smallest absolute Gasteiger partial charge is 0.243 e. The molecular formula is C27H28N4O3S. The van der Waals surface area contributed by atoms with Gasteiger partial charge in [0.25, 0.3) is 0 Å². The maximum absolute atomic E-state index is 13.5. The van der Waals surface area contributed by atoms with Crippen LogP contribution in [-0.4, -0.2) is 41.7 Å². The molecule has 1 amide bonds. The van der Waals surface area contributed by atoms with E-state index >= 15 is 0 Å². The van der Waals surface area contributed by atoms with Crippen LogP contribution in [0.2, 0.25) is 0 Å². The number of nitrogens with zero attached hydrogens (tertiary/aromatic N) is 2. The van der Waals surface area contributed by atoms with E-state index in [0.29, 0.717) is 36.2 Å². The van der Waals surface area contributed by atoms with E-state index in [-0.39, 0.29) is 17.3 Å². The van der Waals surface area contributed by atoms with Gasteiger partial charge in [-0.3, -0.25) is 4.79 Å². The Labute approximate surface area is 205 Å². The predicted octanol–water partition coefficient (Wildman–Crippen LogP) is 4.89. The third-order valence-electron chi connectivity index (χ3n) is 6.67. The normalized spacial score (nSPS) is 16.9. The lowest BCUT2D eigenvalue weighted by atomic mass is 9.98. The number of piperidine rings is 1. The number of anilines is 1. The minimum absolute atomic E-state index is 0.148. The highest BCUT2D eigenvalue weighted by atomic mass is 32.2. The number of rotatable bonds is 5. The van der Waals surface area contributed by atoms with E-state index in [1.807, 2.05) is 62.4 Å². The number of fused-ring (bicyclic) bond motifs is 1. The van der Waals surface area contributed by atoms with Gasteiger partial charge in [-0.25, -0.2) is 13.4 Å². The number of aromatic nitrogens is 2. The monoisotopic (exact) mass is 488 g/mol. The van der Waals surface area contributed by atoms with E-state index in [4.69, 9.17) is 0 Å². The Morgan fingerprint density at radius 2 is 1.83 bits per heavy atom. The first kappa shape index (κ1) is 23.3. The molecule has 0 saturated carbocycles. The van der Waals surface area contributed by atoms with Crippen molar-refractivity contribution < 1.29 is 13.2 Å². The number of carbonyl (C=O) groups excluding carboxylic acids is 1. The number of amides is 1. The van der Waals surface area contributed by atoms with Crippen LogP contribution in [0.15, 0.2) is 71.6 Å². The van der Waals surface area contributed by atoms with Crippen molar-refractivity contribution in [3.05, 3.63) is 77.9 Å². The number of aryl methyl sites for hydroxylation is 2. The van der Waals surface area contributed by atoms with Crippen LogP contribution in [0.4, 0.5) is 5.69 Å². The molecule has 1 aromatic heterocycles. The van der Waals surface area contributed by atoms with Gasteiger partial charge in [-0.1, -0.05) is 36.4 Å². The lowest BCUT2D eigenvalue weighted by Crippen LogP contribution is -2.43. The first-order valence-electron chi connectivity index (χ1n) is 11.7. The summed E-state index contributed by atoms with van der Waals surface area (Å²) < 4.78 is 28.4. The Bertz CT molecular complexity index is 1500. The molecule has 1 atom stereocenters. The zero-order chi connectivity index (χ0) is 24.6. The van der Waals surface area contributed by atoms with Crippen molar-refractivity contribution in [1.29, 1.82) is 0 Å². The molecule has 1 saturated heterocycles. The molecule has 0 spiro atoms. The summed E-state index contributed by atoms with van der Waals surface area (Å²) in [6, 6.07) is 20.4. The van der Waals surface area contributed by atoms with Gasteiger partial charge in [0.2, 0.25) is 15.9 Å². The van der Waals surface area contributed by atoms with Gasteiger partial charge in [-0.05, 0) is 68.1 Å². The van der Waals surface area contributed by atoms with Crippen LogP contribution in [0.5, 0.6) is 0 Å². The zero-order valence-electron chi connectivity index (χ0n) is 19.8. The van der Waals surface area contributed by atoms with Gasteiger partial charge in [0.1, 0.15) is 5.82 Å². The standard InChI is InChI=1S/C27H28N4O3S/c1-18-10-11-22(15-19(18)2)28-27(32)21-9-6-14-31(17-21)35(33,34)23-12-13-24-25(16-23)30-26(29-24)20-7-4-3-5-8-20/h3-5,7-8,10-13,15-16,21H,6,9,14,17H2,1-2H3,(H,28,32)(H,29,30)/t21-/m1/s1. The third-order valence-corrected chi connectivity index (χ3v) is 8.53. The number of sulfonamides is 1. The van der Waals surface area contributed by atoms with Crippen LogP contribution >= 0.6 is 0 Å². The van der Waals surface area contributed by atoms with Crippen molar-refractivity contribution in [2.45, 2.75) is 31.6 Å². The largest absolute Gasteiger partial charge is 0.338 e. The summed E-state index contributed by atoms with van der Waals surface area (Å²) in [5.74, 6) is 0.140. The van der Waals surface area contributed by atoms with E-state index in [1.54, 1.807) is 18.2 Å². The molecule has 0 aliphatic carbocycles. The molecule has 35 heavy (non-hydrogen) atoms. The van der Waals surface area contributed by atoms with Gasteiger partial charge < -0.3 is 10.3 Å². The fourth-order valence-electron chi connectivity index (χ4n) is 4.47. The third kappa shape index (κ3) is 4.72. The fraction of sp³-hybridized carbons (Fsp3) is 0.259. The summed E-state index contributed by atoms with van der Waals surface area (Å²) in [6.07, 6.45) is 1.29. The Morgan fingerprint density at radius 1 is 1.03 bits per heavy atom. The van der Waals surface area contributed by atoms with Crippen LogP contribution in [0.25, 0.3) is 22.4 Å². The second kappa shape index (κ2) is 9.28. The average molecular weight is 489 g/mol. The van der Waals surface area contributed by atoms with E-state index < -0.39 is 15.9 Å². The van der Waals surface area contributed by atoms with Crippen molar-refractivity contribution >= 4 is 32.7 Å². The lowest BCUT2D eigenvalue weighted by Gasteiger charge is -2.31. The number of benzene rings is 3. The highest BCUT2D eigenvalue weighted by Gasteiger charge is 2.33. The molecule has 0 bridgehead atoms. The van der Waals surface area contributed by atoms with E-state index in [9.17, 15) is 13.2 Å². The highest BCUT2D eigenvalue weighted by molar-refractivity contribution is 7.89. The second-order valence-electron chi connectivity index (χ2n) is 9.12. The van der Waals surface area contributed by atoms with Gasteiger partial charge in [0, 0.05) is 24.3 Å². The van der Waals surface area contributed by atoms with Crippen LogP contribution < -0.4 is 5.32 Å². The molecule has 2 N–H and O–H groups in total. The molecule has 7 nitrogen and oxygen atoms in total. The number of hydrogen-bond donors (Lipinski definition) is 2. The average Bonchev–Trinajstić information content (AvgIpc) is 3.30. The molecule has 1 aliphatic rings. The first-order chi connectivity index (χ1) is 16.8. The maximum Gasteiger partial charge on any atom is 0.243 e. The number of hydrogen-bond acceptors (Lipinski definition) is 4. The molecule has 5 rings (SSSR count). The SMILES string of the molecule is Cc1ccc(NC(=O)[C@@H]2CCCN(S(=O)(=O)c3ccc4nc(-c5ccccc5)[nH]c4c3)C2)cc1C. The summed E-state index contributed by atoms with van der Waals surface area (Å²) in [5.41, 5.74) is 5.28. The van der Waals surface area contributed by atoms with Gasteiger partial charge in [-0.15, -0.1) is 0 Å². The number of H-pyrrole nitrogens is 1. The first-order valence-corrected chi connectivity index (χ1v) is 13.2. The molecule has 0 radical (unpaired) electrons. The van der Waals surface area contributed by atoms with Crippen LogP contribution in [0, 0.1) is 19.8 Å². The van der Waals surface area contributed by atoms with E-state index in [2.05, 4.69) is 15.3 Å². The molecule has 3 aromatic carbocycles. The van der Waals surface area contributed by atoms with Gasteiger partial charge in [-0.2, -0.15) is 4.31 Å². The van der Waals surface area contributed by atoms with Crippen molar-refractivity contribution in [1.82, 2.24) is 14.3 Å². The fourth-order valence-corrected chi connectivity index (χ4v) is 6.02. The lowest BCUT2D eigenvalue weighted by molar-refractivity contribution is -0.120. The predicted molar refractivity (Wildman–Crippen MR) is 138 cm³/mol. The van der Waals surface area contributed by atoms with Gasteiger partial charge in [0.05, 0.1) is 21.8 Å². The zero-order valence-corrected chi connectivity index (χ0v) is 20.6. The van der Waals surface area contributed by atoms with Crippen molar-refractivity contribution in [2.24, 2.45) is 5.92 Å². The number of imidazole rings is 1. The number of carbonyl (C=O) groups is 1. The maximum atomic E-state index is 13.5. The van der Waals surface area contributed by atoms with Crippen LogP contribution in [0.3, 0.4) is 0 Å². The molecule has 0 unspecified atom stereocenters. The van der Waals surface area contributed by atoms with Gasteiger partial charge >= 0.3 is 0 Å². The highest BCUT2D eigenvalue weighted by Crippen LogP contribution is 2.28. The van der Waals surface area contributed by atoms with Gasteiger partial charge in [0.15, 0.2) is 0 Å². The Hall–Kier alpha value is -3.49. The molecule has 1 fully saturated rings. The molecule has 8 heteroatoms. The Balaban J connectivity index is 1.34. The van der Waals surface area contributed by atoms with Crippen molar-refractivity contribution in [3.8, 4) is 11.4 Å². The van der Waals surface area contributed by atoms with Crippen LogP contribution in [-0.2, 0) is 14.8 Å². The summed E-state index contributed by atoms with van der Waals surface area (Å²) in [5, 5.41) is 2.96. The minimum Gasteiger partial charge on any atom is -0.338 e. The van der Waals surface area contributed by atoms with Crippen LogP contribution in [0.1, 0.15) is 24.0 Å². The second-order valence-corrected chi connectivity index (χ2v) is 11.1. The number of nitrogens with one attached hydrogen (secondary N) is 2. The van der Waals surface area contributed by atoms with Crippen molar-refractivity contribution in [3.63, 3.8) is 0 Å². The number of aromatic amines is 1. The molecule has 2 heterocycles. The summed E-state index contributed by atoms with van der Waals surface area (Å²) in [4.78, 5) is 21.0. The summed E-state index contributed by atoms with van der Waals surface area (Å²) in [6.45, 7) is 4.58. The molecule has 4 aromatic rings. The molecule has 1 aliphatic heterocycles. The Kier molecular flexibility index (Phi) is 6.17. The summed E-state index contributed by atoms with van der Waals surface area (Å²) in [7, 11) is -3.75. The Morgan fingerprint density at radius 3 is 2.60 bits per heavy atom. The molecular weight excluding hydrogens is 460 g/mol. The quantitative estimate of drug-likeness (QED) is 0.418. The topological polar surface area (TPSA) is 95.2 Å². The van der Waals surface area contributed by atoms with Crippen molar-refractivity contribution in [2.75, 3.05) is 18.4 Å². The van der Waals surface area contributed by atoms with E-state index in [1.165, 1.54) is 4.31 Å². The minimum atomic E-state index is -3.75.